The summed E-state index contributed by atoms with van der Waals surface area (Å²) in [7, 11) is 1.46. The summed E-state index contributed by atoms with van der Waals surface area (Å²) in [6.45, 7) is 9.40. The van der Waals surface area contributed by atoms with E-state index >= 15 is 0 Å². The van der Waals surface area contributed by atoms with Crippen LogP contribution in [-0.4, -0.2) is 26.2 Å². The Morgan fingerprint density at radius 1 is 1.53 bits per heavy atom. The lowest BCUT2D eigenvalue weighted by Gasteiger charge is -2.26. The molecule has 0 bridgehead atoms. The fourth-order valence-corrected chi connectivity index (χ4v) is 1.96. The Bertz CT molecular complexity index is 234. The van der Waals surface area contributed by atoms with Crippen LogP contribution in [0.15, 0.2) is 12.7 Å². The van der Waals surface area contributed by atoms with Gasteiger partial charge in [0.25, 0.3) is 0 Å². The Kier molecular flexibility index (Phi) is 8.78. The second kappa shape index (κ2) is 9.23. The van der Waals surface area contributed by atoms with Gasteiger partial charge in [0, 0.05) is 7.97 Å². The van der Waals surface area contributed by atoms with Gasteiger partial charge >= 0.3 is 5.97 Å². The van der Waals surface area contributed by atoms with E-state index in [-0.39, 0.29) is 12.8 Å². The van der Waals surface area contributed by atoms with Gasteiger partial charge in [0.15, 0.2) is 0 Å². The standard InChI is InChI=1S/C14H27NO2.H2/c1-5-7-8-9-11-15-12-14(3,10-6-2)13(16)17-4;/h5,15H,1,6-12H2,2-4H3;1H. The van der Waals surface area contributed by atoms with Gasteiger partial charge in [0.2, 0.25) is 0 Å². The smallest absolute Gasteiger partial charge is 0.312 e. The normalized spacial score (nSPS) is 14.1. The van der Waals surface area contributed by atoms with Crippen LogP contribution in [-0.2, 0) is 9.53 Å². The van der Waals surface area contributed by atoms with Crippen LogP contribution in [0, 0.1) is 5.41 Å². The summed E-state index contributed by atoms with van der Waals surface area (Å²) < 4.78 is 4.87. The number of methoxy groups -OCH3 is 1. The molecule has 0 aromatic rings. The number of hydrogen-bond donors (Lipinski definition) is 1. The first-order chi connectivity index (χ1) is 8.10. The van der Waals surface area contributed by atoms with Crippen molar-refractivity contribution >= 4 is 5.97 Å². The van der Waals surface area contributed by atoms with Gasteiger partial charge in [-0.25, -0.2) is 0 Å². The molecule has 0 saturated carbocycles. The van der Waals surface area contributed by atoms with Crippen molar-refractivity contribution in [3.63, 3.8) is 0 Å². The number of nitrogens with one attached hydrogen (secondary N) is 1. The largest absolute Gasteiger partial charge is 0.469 e. The predicted molar refractivity (Wildman–Crippen MR) is 74.1 cm³/mol. The zero-order valence-corrected chi connectivity index (χ0v) is 11.6. The van der Waals surface area contributed by atoms with Gasteiger partial charge in [-0.3, -0.25) is 4.79 Å². The highest BCUT2D eigenvalue weighted by atomic mass is 16.5. The molecule has 1 unspecified atom stereocenters. The molecule has 1 N–H and O–H groups in total. The third-order valence-electron chi connectivity index (χ3n) is 3.01. The maximum atomic E-state index is 11.7. The summed E-state index contributed by atoms with van der Waals surface area (Å²) >= 11 is 0. The maximum Gasteiger partial charge on any atom is 0.312 e. The Morgan fingerprint density at radius 2 is 2.24 bits per heavy atom. The molecule has 0 aliphatic rings. The van der Waals surface area contributed by atoms with Crippen LogP contribution in [0.5, 0.6) is 0 Å². The van der Waals surface area contributed by atoms with Gasteiger partial charge in [0.05, 0.1) is 12.5 Å². The third-order valence-corrected chi connectivity index (χ3v) is 3.01. The Morgan fingerprint density at radius 3 is 2.76 bits per heavy atom. The van der Waals surface area contributed by atoms with E-state index in [2.05, 4.69) is 18.8 Å². The maximum absolute atomic E-state index is 11.7. The molecule has 17 heavy (non-hydrogen) atoms. The molecule has 0 amide bonds. The van der Waals surface area contributed by atoms with E-state index in [9.17, 15) is 4.79 Å². The number of esters is 1. The molecule has 0 aromatic carbocycles. The highest BCUT2D eigenvalue weighted by Crippen LogP contribution is 2.23. The van der Waals surface area contributed by atoms with Crippen LogP contribution in [0.4, 0.5) is 0 Å². The number of rotatable bonds is 10. The van der Waals surface area contributed by atoms with E-state index in [1.165, 1.54) is 7.11 Å². The molecule has 1 atom stereocenters. The van der Waals surface area contributed by atoms with E-state index < -0.39 is 0 Å². The Labute approximate surface area is 107 Å². The molecule has 0 rings (SSSR count). The molecule has 102 valence electrons. The van der Waals surface area contributed by atoms with Crippen molar-refractivity contribution in [3.05, 3.63) is 12.7 Å². The number of carbonyl (C=O) groups is 1. The van der Waals surface area contributed by atoms with Gasteiger partial charge in [-0.05, 0) is 39.2 Å². The lowest BCUT2D eigenvalue weighted by molar-refractivity contribution is -0.152. The number of allylic oxidation sites excluding steroid dienone is 1. The summed E-state index contributed by atoms with van der Waals surface area (Å²) in [5.74, 6) is -0.113. The summed E-state index contributed by atoms with van der Waals surface area (Å²) in [4.78, 5) is 11.7. The quantitative estimate of drug-likeness (QED) is 0.364. The molecule has 0 radical (unpaired) electrons. The van der Waals surface area contributed by atoms with Crippen molar-refractivity contribution in [1.29, 1.82) is 0 Å². The van der Waals surface area contributed by atoms with Crippen molar-refractivity contribution in [1.82, 2.24) is 5.32 Å². The van der Waals surface area contributed by atoms with E-state index in [1.807, 2.05) is 13.0 Å². The first kappa shape index (κ1) is 16.2. The number of carbonyl (C=O) groups excluding carboxylic acids is 1. The molecule has 0 saturated heterocycles. The van der Waals surface area contributed by atoms with E-state index in [0.29, 0.717) is 6.54 Å². The van der Waals surface area contributed by atoms with Crippen LogP contribution in [0.25, 0.3) is 0 Å². The van der Waals surface area contributed by atoms with Crippen molar-refractivity contribution in [2.75, 3.05) is 20.2 Å². The van der Waals surface area contributed by atoms with Crippen molar-refractivity contribution in [2.24, 2.45) is 5.41 Å². The average Bonchev–Trinajstić information content (AvgIpc) is 2.33. The highest BCUT2D eigenvalue weighted by Gasteiger charge is 2.32. The predicted octanol–water partition coefficient (Wildman–Crippen LogP) is 3.16. The van der Waals surface area contributed by atoms with Crippen molar-refractivity contribution < 1.29 is 11.0 Å². The highest BCUT2D eigenvalue weighted by molar-refractivity contribution is 5.76. The molecule has 0 aliphatic carbocycles. The van der Waals surface area contributed by atoms with Crippen LogP contribution < -0.4 is 5.32 Å². The molecule has 0 fully saturated rings. The first-order valence-corrected chi connectivity index (χ1v) is 6.50. The second-order valence-corrected chi connectivity index (χ2v) is 4.76. The van der Waals surface area contributed by atoms with Gasteiger partial charge in [0.1, 0.15) is 0 Å². The van der Waals surface area contributed by atoms with Gasteiger partial charge in [-0.1, -0.05) is 19.4 Å². The minimum atomic E-state index is -0.387. The van der Waals surface area contributed by atoms with Crippen LogP contribution >= 0.6 is 0 Å². The monoisotopic (exact) mass is 243 g/mol. The minimum Gasteiger partial charge on any atom is -0.469 e. The molecule has 0 spiro atoms. The molecule has 0 aromatic heterocycles. The van der Waals surface area contributed by atoms with Crippen LogP contribution in [0.2, 0.25) is 0 Å². The fourth-order valence-electron chi connectivity index (χ4n) is 1.96. The third kappa shape index (κ3) is 6.47. The first-order valence-electron chi connectivity index (χ1n) is 6.50. The SMILES string of the molecule is C=CCCCCNCC(C)(CCC)C(=O)OC.[HH]. The van der Waals surface area contributed by atoms with Crippen molar-refractivity contribution in [2.45, 2.75) is 46.0 Å². The minimum absolute atomic E-state index is 0. The fraction of sp³-hybridized carbons (Fsp3) is 0.786. The lowest BCUT2D eigenvalue weighted by Crippen LogP contribution is -2.39. The molecular weight excluding hydrogens is 214 g/mol. The zero-order valence-electron chi connectivity index (χ0n) is 11.6. The lowest BCUT2D eigenvalue weighted by atomic mass is 9.85. The molecular formula is C14H29NO2. The Balaban J connectivity index is 0. The van der Waals surface area contributed by atoms with E-state index in [1.54, 1.807) is 0 Å². The molecule has 0 heterocycles. The number of unbranched alkanes of at least 4 members (excludes halogenated alkanes) is 2. The second-order valence-electron chi connectivity index (χ2n) is 4.76. The summed E-state index contributed by atoms with van der Waals surface area (Å²) in [5, 5.41) is 3.35. The zero-order chi connectivity index (χ0) is 13.1. The Hall–Kier alpha value is -0.830. The molecule has 3 heteroatoms. The topological polar surface area (TPSA) is 38.3 Å². The van der Waals surface area contributed by atoms with E-state index in [4.69, 9.17) is 4.74 Å². The van der Waals surface area contributed by atoms with Crippen LogP contribution in [0.1, 0.15) is 47.4 Å². The van der Waals surface area contributed by atoms with Gasteiger partial charge < -0.3 is 10.1 Å². The number of ether oxygens (including phenoxy) is 1. The number of hydrogen-bond acceptors (Lipinski definition) is 3. The van der Waals surface area contributed by atoms with Crippen LogP contribution in [0.3, 0.4) is 0 Å². The van der Waals surface area contributed by atoms with Gasteiger partial charge in [-0.2, -0.15) is 0 Å². The van der Waals surface area contributed by atoms with Crippen molar-refractivity contribution in [3.8, 4) is 0 Å². The summed E-state index contributed by atoms with van der Waals surface area (Å²) in [6, 6.07) is 0. The summed E-state index contributed by atoms with van der Waals surface area (Å²) in [5.41, 5.74) is -0.387. The average molecular weight is 243 g/mol. The van der Waals surface area contributed by atoms with E-state index in [0.717, 1.165) is 38.6 Å². The van der Waals surface area contributed by atoms with Gasteiger partial charge in [-0.15, -0.1) is 6.58 Å². The molecule has 0 aliphatic heterocycles. The summed E-state index contributed by atoms with van der Waals surface area (Å²) in [6.07, 6.45) is 7.12. The molecule has 3 nitrogen and oxygen atoms in total.